The van der Waals surface area contributed by atoms with Gasteiger partial charge in [-0.25, -0.2) is 0 Å². The monoisotopic (exact) mass is 333 g/mol. The Bertz CT molecular complexity index is 760. The summed E-state index contributed by atoms with van der Waals surface area (Å²) in [6.07, 6.45) is 2.90. The first-order chi connectivity index (χ1) is 11.6. The molecular weight excluding hydrogens is 320 g/mol. The molecule has 0 aliphatic carbocycles. The second-order valence-electron chi connectivity index (χ2n) is 4.84. The van der Waals surface area contributed by atoms with Crippen molar-refractivity contribution in [3.05, 3.63) is 54.1 Å². The van der Waals surface area contributed by atoms with Crippen LogP contribution in [0, 0.1) is 0 Å². The highest BCUT2D eigenvalue weighted by molar-refractivity contribution is 6.02. The van der Waals surface area contributed by atoms with Gasteiger partial charge in [-0.2, -0.15) is 8.78 Å². The number of hydrogen-bond donors (Lipinski definition) is 1. The highest BCUT2D eigenvalue weighted by atomic mass is 19.3. The largest absolute Gasteiger partial charge is 0.454 e. The average molecular weight is 333 g/mol. The summed E-state index contributed by atoms with van der Waals surface area (Å²) in [7, 11) is 0. The predicted molar refractivity (Wildman–Crippen MR) is 83.3 cm³/mol. The lowest BCUT2D eigenvalue weighted by molar-refractivity contribution is -0.111. The minimum atomic E-state index is -2.86. The Hall–Kier alpha value is -3.09. The van der Waals surface area contributed by atoms with Gasteiger partial charge >= 0.3 is 6.61 Å². The van der Waals surface area contributed by atoms with Crippen LogP contribution in [-0.2, 0) is 4.79 Å². The molecule has 3 rings (SSSR count). The van der Waals surface area contributed by atoms with Crippen LogP contribution in [0.15, 0.2) is 48.5 Å². The van der Waals surface area contributed by atoms with Gasteiger partial charge in [0.1, 0.15) is 5.75 Å². The number of alkyl halides is 2. The molecule has 2 aromatic carbocycles. The van der Waals surface area contributed by atoms with Gasteiger partial charge in [0, 0.05) is 17.8 Å². The van der Waals surface area contributed by atoms with Gasteiger partial charge in [-0.05, 0) is 35.9 Å². The van der Waals surface area contributed by atoms with Crippen LogP contribution in [0.25, 0.3) is 6.08 Å². The fraction of sp³-hybridized carbons (Fsp3) is 0.118. The lowest BCUT2D eigenvalue weighted by atomic mass is 10.2. The highest BCUT2D eigenvalue weighted by Gasteiger charge is 2.13. The van der Waals surface area contributed by atoms with Crippen molar-refractivity contribution in [2.24, 2.45) is 0 Å². The number of nitrogens with one attached hydrogen (secondary N) is 1. The quantitative estimate of drug-likeness (QED) is 0.848. The highest BCUT2D eigenvalue weighted by Crippen LogP contribution is 2.34. The summed E-state index contributed by atoms with van der Waals surface area (Å²) >= 11 is 0. The van der Waals surface area contributed by atoms with E-state index in [9.17, 15) is 13.6 Å². The fourth-order valence-corrected chi connectivity index (χ4v) is 2.09. The molecule has 124 valence electrons. The summed E-state index contributed by atoms with van der Waals surface area (Å²) < 4.78 is 38.8. The van der Waals surface area contributed by atoms with Crippen LogP contribution < -0.4 is 19.5 Å². The number of anilines is 1. The first-order valence-electron chi connectivity index (χ1n) is 7.04. The van der Waals surface area contributed by atoms with E-state index in [2.05, 4.69) is 10.1 Å². The molecule has 7 heteroatoms. The van der Waals surface area contributed by atoms with Crippen molar-refractivity contribution in [3.63, 3.8) is 0 Å². The number of carbonyl (C=O) groups is 1. The Labute approximate surface area is 136 Å². The molecule has 0 saturated heterocycles. The third-order valence-corrected chi connectivity index (χ3v) is 3.17. The number of amides is 1. The molecule has 0 saturated carbocycles. The van der Waals surface area contributed by atoms with Crippen molar-refractivity contribution < 1.29 is 27.8 Å². The van der Waals surface area contributed by atoms with Crippen LogP contribution in [0.4, 0.5) is 14.5 Å². The van der Waals surface area contributed by atoms with Gasteiger partial charge in [0.2, 0.25) is 12.7 Å². The third-order valence-electron chi connectivity index (χ3n) is 3.17. The molecule has 1 heterocycles. The van der Waals surface area contributed by atoms with Gasteiger partial charge in [0.15, 0.2) is 11.5 Å². The Balaban J connectivity index is 1.59. The average Bonchev–Trinajstić information content (AvgIpc) is 3.01. The lowest BCUT2D eigenvalue weighted by Crippen LogP contribution is -2.07. The van der Waals surface area contributed by atoms with E-state index in [4.69, 9.17) is 9.47 Å². The predicted octanol–water partition coefficient (Wildman–Crippen LogP) is 3.67. The van der Waals surface area contributed by atoms with E-state index >= 15 is 0 Å². The number of halogens is 2. The van der Waals surface area contributed by atoms with Crippen LogP contribution in [0.2, 0.25) is 0 Å². The van der Waals surface area contributed by atoms with E-state index in [0.717, 1.165) is 0 Å². The van der Waals surface area contributed by atoms with Gasteiger partial charge in [0.05, 0.1) is 0 Å². The van der Waals surface area contributed by atoms with Crippen molar-refractivity contribution in [1.82, 2.24) is 0 Å². The molecule has 1 aliphatic rings. The molecule has 0 atom stereocenters. The van der Waals surface area contributed by atoms with Crippen LogP contribution in [-0.4, -0.2) is 19.3 Å². The SMILES string of the molecule is O=C(C=Cc1ccc(OC(F)F)cc1)Nc1ccc2c(c1)OCO2. The first-order valence-corrected chi connectivity index (χ1v) is 7.04. The standard InChI is InChI=1S/C17H13F2NO4/c18-17(19)24-13-5-1-11(2-6-13)3-8-16(21)20-12-4-7-14-15(9-12)23-10-22-14/h1-9,17H,10H2,(H,20,21). The van der Waals surface area contributed by atoms with Gasteiger partial charge in [-0.15, -0.1) is 0 Å². The summed E-state index contributed by atoms with van der Waals surface area (Å²) in [6.45, 7) is -2.70. The number of benzene rings is 2. The second kappa shape index (κ2) is 6.99. The van der Waals surface area contributed by atoms with Crippen LogP contribution in [0.3, 0.4) is 0 Å². The van der Waals surface area contributed by atoms with Crippen LogP contribution >= 0.6 is 0 Å². The van der Waals surface area contributed by atoms with Crippen molar-refractivity contribution in [2.75, 3.05) is 12.1 Å². The maximum absolute atomic E-state index is 12.1. The topological polar surface area (TPSA) is 56.8 Å². The normalized spacial score (nSPS) is 12.6. The first kappa shape index (κ1) is 15.8. The zero-order chi connectivity index (χ0) is 16.9. The number of hydrogen-bond acceptors (Lipinski definition) is 4. The summed E-state index contributed by atoms with van der Waals surface area (Å²) in [5.41, 5.74) is 1.26. The molecule has 1 aliphatic heterocycles. The van der Waals surface area contributed by atoms with Gasteiger partial charge < -0.3 is 19.5 Å². The molecule has 1 amide bonds. The molecule has 0 spiro atoms. The second-order valence-corrected chi connectivity index (χ2v) is 4.84. The minimum Gasteiger partial charge on any atom is -0.454 e. The molecule has 24 heavy (non-hydrogen) atoms. The van der Waals surface area contributed by atoms with Crippen LogP contribution in [0.1, 0.15) is 5.56 Å². The molecule has 5 nitrogen and oxygen atoms in total. The van der Waals surface area contributed by atoms with E-state index in [-0.39, 0.29) is 18.4 Å². The third kappa shape index (κ3) is 4.01. The van der Waals surface area contributed by atoms with E-state index in [0.29, 0.717) is 22.7 Å². The summed E-state index contributed by atoms with van der Waals surface area (Å²) in [5, 5.41) is 2.69. The van der Waals surface area contributed by atoms with Gasteiger partial charge in [0.25, 0.3) is 0 Å². The number of carbonyl (C=O) groups excluding carboxylic acids is 1. The molecule has 0 unspecified atom stereocenters. The smallest absolute Gasteiger partial charge is 0.387 e. The van der Waals surface area contributed by atoms with E-state index in [1.54, 1.807) is 36.4 Å². The molecule has 2 aromatic rings. The van der Waals surface area contributed by atoms with Crippen molar-refractivity contribution in [1.29, 1.82) is 0 Å². The Kier molecular flexibility index (Phi) is 4.60. The summed E-state index contributed by atoms with van der Waals surface area (Å²) in [4.78, 5) is 11.9. The van der Waals surface area contributed by atoms with E-state index in [1.807, 2.05) is 0 Å². The lowest BCUT2D eigenvalue weighted by Gasteiger charge is -2.04. The van der Waals surface area contributed by atoms with Crippen molar-refractivity contribution in [3.8, 4) is 17.2 Å². The van der Waals surface area contributed by atoms with Gasteiger partial charge in [-0.1, -0.05) is 12.1 Å². The van der Waals surface area contributed by atoms with Gasteiger partial charge in [-0.3, -0.25) is 4.79 Å². The van der Waals surface area contributed by atoms with Crippen molar-refractivity contribution >= 4 is 17.7 Å². The summed E-state index contributed by atoms with van der Waals surface area (Å²) in [6, 6.07) is 11.0. The van der Waals surface area contributed by atoms with E-state index in [1.165, 1.54) is 18.2 Å². The fourth-order valence-electron chi connectivity index (χ4n) is 2.09. The zero-order valence-corrected chi connectivity index (χ0v) is 12.4. The maximum atomic E-state index is 12.1. The molecule has 0 bridgehead atoms. The molecular formula is C17H13F2NO4. The Morgan fingerprint density at radius 1 is 1.12 bits per heavy atom. The molecule has 0 fully saturated rings. The Morgan fingerprint density at radius 3 is 2.62 bits per heavy atom. The minimum absolute atomic E-state index is 0.0620. The molecule has 0 aromatic heterocycles. The summed E-state index contributed by atoms with van der Waals surface area (Å²) in [5.74, 6) is 0.940. The maximum Gasteiger partial charge on any atom is 0.387 e. The van der Waals surface area contributed by atoms with E-state index < -0.39 is 6.61 Å². The molecule has 0 radical (unpaired) electrons. The van der Waals surface area contributed by atoms with Crippen LogP contribution in [0.5, 0.6) is 17.2 Å². The molecule has 1 N–H and O–H groups in total. The zero-order valence-electron chi connectivity index (χ0n) is 12.4. The number of ether oxygens (including phenoxy) is 3. The number of rotatable bonds is 5. The number of fused-ring (bicyclic) bond motifs is 1. The Morgan fingerprint density at radius 2 is 1.88 bits per heavy atom. The van der Waals surface area contributed by atoms with Crippen molar-refractivity contribution in [2.45, 2.75) is 6.61 Å².